The molecule has 0 N–H and O–H groups in total. The van der Waals surface area contributed by atoms with Crippen LogP contribution in [0.3, 0.4) is 0 Å². The molecular formula is C13H20S. The van der Waals surface area contributed by atoms with Crippen LogP contribution >= 0.6 is 11.3 Å². The molecule has 78 valence electrons. The van der Waals surface area contributed by atoms with Crippen LogP contribution in [0.1, 0.15) is 49.8 Å². The molecule has 0 atom stereocenters. The van der Waals surface area contributed by atoms with Crippen LogP contribution in [0.4, 0.5) is 0 Å². The summed E-state index contributed by atoms with van der Waals surface area (Å²) in [6, 6.07) is 4.44. The van der Waals surface area contributed by atoms with Crippen LogP contribution in [0.5, 0.6) is 0 Å². The van der Waals surface area contributed by atoms with Crippen molar-refractivity contribution >= 4 is 11.3 Å². The van der Waals surface area contributed by atoms with Gasteiger partial charge in [0, 0.05) is 4.88 Å². The molecule has 1 aromatic heterocycles. The highest BCUT2D eigenvalue weighted by Gasteiger charge is 2.12. The van der Waals surface area contributed by atoms with Crippen LogP contribution < -0.4 is 0 Å². The van der Waals surface area contributed by atoms with E-state index in [4.69, 9.17) is 0 Å². The molecule has 1 aliphatic rings. The van der Waals surface area contributed by atoms with E-state index in [1.807, 2.05) is 11.3 Å². The summed E-state index contributed by atoms with van der Waals surface area (Å²) in [7, 11) is 0. The molecule has 0 spiro atoms. The average Bonchev–Trinajstić information content (AvgIpc) is 2.72. The second-order valence-electron chi connectivity index (χ2n) is 4.48. The summed E-state index contributed by atoms with van der Waals surface area (Å²) in [5, 5.41) is 2.19. The first-order chi connectivity index (χ1) is 6.95. The van der Waals surface area contributed by atoms with Gasteiger partial charge in [-0.2, -0.15) is 0 Å². The Morgan fingerprint density at radius 3 is 2.79 bits per heavy atom. The molecule has 1 heterocycles. The topological polar surface area (TPSA) is 0 Å². The maximum atomic E-state index is 2.27. The van der Waals surface area contributed by atoms with Gasteiger partial charge in [-0.3, -0.25) is 0 Å². The van der Waals surface area contributed by atoms with E-state index in [9.17, 15) is 0 Å². The first-order valence-electron chi connectivity index (χ1n) is 5.97. The molecule has 0 saturated heterocycles. The Labute approximate surface area is 91.4 Å². The monoisotopic (exact) mass is 208 g/mol. The third-order valence-corrected chi connectivity index (χ3v) is 4.28. The van der Waals surface area contributed by atoms with E-state index in [0.717, 1.165) is 5.92 Å². The summed E-state index contributed by atoms with van der Waals surface area (Å²) in [5.41, 5.74) is 0. The smallest absolute Gasteiger partial charge is 0.00452 e. The number of aryl methyl sites for hydroxylation is 1. The molecule has 0 amide bonds. The summed E-state index contributed by atoms with van der Waals surface area (Å²) in [6.45, 7) is 0. The SMILES string of the molecule is c1csc(CCCC2CCCCC2)c1. The highest BCUT2D eigenvalue weighted by Crippen LogP contribution is 2.28. The van der Waals surface area contributed by atoms with Gasteiger partial charge in [-0.05, 0) is 30.2 Å². The molecule has 2 rings (SSSR count). The largest absolute Gasteiger partial charge is 0.149 e. The summed E-state index contributed by atoms with van der Waals surface area (Å²) >= 11 is 1.91. The van der Waals surface area contributed by atoms with Gasteiger partial charge in [0.05, 0.1) is 0 Å². The molecule has 0 radical (unpaired) electrons. The maximum absolute atomic E-state index is 2.27. The van der Waals surface area contributed by atoms with Gasteiger partial charge in [-0.1, -0.05) is 44.6 Å². The minimum Gasteiger partial charge on any atom is -0.149 e. The fourth-order valence-electron chi connectivity index (χ4n) is 2.50. The zero-order valence-corrected chi connectivity index (χ0v) is 9.69. The summed E-state index contributed by atoms with van der Waals surface area (Å²) in [6.07, 6.45) is 11.7. The molecule has 14 heavy (non-hydrogen) atoms. The number of rotatable bonds is 4. The van der Waals surface area contributed by atoms with Crippen molar-refractivity contribution in [1.29, 1.82) is 0 Å². The molecule has 1 aromatic rings. The normalized spacial score (nSPS) is 18.6. The molecule has 0 bridgehead atoms. The predicted molar refractivity (Wildman–Crippen MR) is 63.8 cm³/mol. The highest BCUT2D eigenvalue weighted by atomic mass is 32.1. The molecule has 0 aliphatic heterocycles. The van der Waals surface area contributed by atoms with E-state index in [-0.39, 0.29) is 0 Å². The van der Waals surface area contributed by atoms with Crippen molar-refractivity contribution in [3.63, 3.8) is 0 Å². The lowest BCUT2D eigenvalue weighted by Crippen LogP contribution is -2.06. The summed E-state index contributed by atoms with van der Waals surface area (Å²) in [5.74, 6) is 1.06. The Balaban J connectivity index is 1.62. The predicted octanol–water partition coefficient (Wildman–Crippen LogP) is 4.65. The lowest BCUT2D eigenvalue weighted by atomic mass is 9.86. The molecule has 0 aromatic carbocycles. The van der Waals surface area contributed by atoms with E-state index in [2.05, 4.69) is 17.5 Å². The van der Waals surface area contributed by atoms with Crippen LogP contribution in [-0.2, 0) is 6.42 Å². The minimum absolute atomic E-state index is 1.06. The van der Waals surface area contributed by atoms with Gasteiger partial charge in [0.15, 0.2) is 0 Å². The molecule has 1 fully saturated rings. The fraction of sp³-hybridized carbons (Fsp3) is 0.692. The van der Waals surface area contributed by atoms with Crippen LogP contribution in [0.2, 0.25) is 0 Å². The maximum Gasteiger partial charge on any atom is 0.00452 e. The first-order valence-corrected chi connectivity index (χ1v) is 6.85. The number of hydrogen-bond donors (Lipinski definition) is 0. The lowest BCUT2D eigenvalue weighted by molar-refractivity contribution is 0.333. The molecular weight excluding hydrogens is 188 g/mol. The van der Waals surface area contributed by atoms with Crippen LogP contribution in [0.15, 0.2) is 17.5 Å². The van der Waals surface area contributed by atoms with E-state index in [1.165, 1.54) is 51.4 Å². The van der Waals surface area contributed by atoms with Gasteiger partial charge in [0.1, 0.15) is 0 Å². The van der Waals surface area contributed by atoms with Crippen molar-refractivity contribution in [2.45, 2.75) is 51.4 Å². The minimum atomic E-state index is 1.06. The zero-order chi connectivity index (χ0) is 9.64. The van der Waals surface area contributed by atoms with Gasteiger partial charge < -0.3 is 0 Å². The first kappa shape index (κ1) is 10.2. The Hall–Kier alpha value is -0.300. The number of thiophene rings is 1. The Morgan fingerprint density at radius 2 is 2.07 bits per heavy atom. The Morgan fingerprint density at radius 1 is 1.21 bits per heavy atom. The van der Waals surface area contributed by atoms with Gasteiger partial charge >= 0.3 is 0 Å². The van der Waals surface area contributed by atoms with E-state index in [0.29, 0.717) is 0 Å². The Bertz CT molecular complexity index is 232. The van der Waals surface area contributed by atoms with E-state index < -0.39 is 0 Å². The van der Waals surface area contributed by atoms with Crippen molar-refractivity contribution in [2.24, 2.45) is 5.92 Å². The van der Waals surface area contributed by atoms with Gasteiger partial charge in [-0.25, -0.2) is 0 Å². The second-order valence-corrected chi connectivity index (χ2v) is 5.51. The molecule has 1 heteroatoms. The average molecular weight is 208 g/mol. The van der Waals surface area contributed by atoms with Crippen LogP contribution in [0, 0.1) is 5.92 Å². The van der Waals surface area contributed by atoms with Crippen LogP contribution in [-0.4, -0.2) is 0 Å². The highest BCUT2D eigenvalue weighted by molar-refractivity contribution is 7.09. The van der Waals surface area contributed by atoms with Crippen molar-refractivity contribution in [3.05, 3.63) is 22.4 Å². The molecule has 1 saturated carbocycles. The van der Waals surface area contributed by atoms with Crippen molar-refractivity contribution in [1.82, 2.24) is 0 Å². The van der Waals surface area contributed by atoms with Gasteiger partial charge in [-0.15, -0.1) is 11.3 Å². The van der Waals surface area contributed by atoms with E-state index in [1.54, 1.807) is 4.88 Å². The van der Waals surface area contributed by atoms with Crippen LogP contribution in [0.25, 0.3) is 0 Å². The fourth-order valence-corrected chi connectivity index (χ4v) is 3.25. The van der Waals surface area contributed by atoms with Crippen molar-refractivity contribution in [2.75, 3.05) is 0 Å². The summed E-state index contributed by atoms with van der Waals surface area (Å²) in [4.78, 5) is 1.57. The lowest BCUT2D eigenvalue weighted by Gasteiger charge is -2.21. The second kappa shape index (κ2) is 5.55. The summed E-state index contributed by atoms with van der Waals surface area (Å²) < 4.78 is 0. The number of hydrogen-bond acceptors (Lipinski definition) is 1. The zero-order valence-electron chi connectivity index (χ0n) is 8.87. The standard InChI is InChI=1S/C13H20S/c1-2-6-12(7-3-1)8-4-9-13-10-5-11-14-13/h5,10-12H,1-4,6-9H2. The Kier molecular flexibility index (Phi) is 4.05. The quantitative estimate of drug-likeness (QED) is 0.675. The van der Waals surface area contributed by atoms with Crippen molar-refractivity contribution < 1.29 is 0 Å². The molecule has 0 unspecified atom stereocenters. The third kappa shape index (κ3) is 3.13. The van der Waals surface area contributed by atoms with Crippen molar-refractivity contribution in [3.8, 4) is 0 Å². The molecule has 0 nitrogen and oxygen atoms in total. The van der Waals surface area contributed by atoms with E-state index >= 15 is 0 Å². The molecule has 1 aliphatic carbocycles. The van der Waals surface area contributed by atoms with Gasteiger partial charge in [0.2, 0.25) is 0 Å². The third-order valence-electron chi connectivity index (χ3n) is 3.34. The van der Waals surface area contributed by atoms with Gasteiger partial charge in [0.25, 0.3) is 0 Å².